The highest BCUT2D eigenvalue weighted by molar-refractivity contribution is 7.58. The molecule has 39 heavy (non-hydrogen) atoms. The Kier molecular flexibility index (Phi) is 12.4. The number of esters is 1. The zero-order chi connectivity index (χ0) is 28.1. The molecular weight excluding hydrogens is 523 g/mol. The summed E-state index contributed by atoms with van der Waals surface area (Å²) in [4.78, 5) is 12.3. The summed E-state index contributed by atoms with van der Waals surface area (Å²) in [7, 11) is -4.07. The smallest absolute Gasteiger partial charge is 0.365 e. The van der Waals surface area contributed by atoms with E-state index in [-0.39, 0.29) is 44.1 Å². The molecule has 210 valence electrons. The van der Waals surface area contributed by atoms with Crippen LogP contribution >= 0.6 is 7.60 Å². The first kappa shape index (κ1) is 30.7. The van der Waals surface area contributed by atoms with Crippen molar-refractivity contribution in [1.82, 2.24) is 0 Å². The van der Waals surface area contributed by atoms with Crippen LogP contribution in [-0.2, 0) is 55.3 Å². The minimum atomic E-state index is -4.07. The summed E-state index contributed by atoms with van der Waals surface area (Å²) in [5, 5.41) is -0.103. The van der Waals surface area contributed by atoms with E-state index < -0.39 is 32.1 Å². The first-order valence-electron chi connectivity index (χ1n) is 12.7. The van der Waals surface area contributed by atoms with Crippen LogP contribution in [0, 0.1) is 12.3 Å². The predicted octanol–water partition coefficient (Wildman–Crippen LogP) is 5.20. The average molecular weight is 559 g/mol. The molecule has 0 radical (unpaired) electrons. The minimum absolute atomic E-state index is 0.0376. The van der Waals surface area contributed by atoms with Crippen LogP contribution in [0.25, 0.3) is 0 Å². The monoisotopic (exact) mass is 558 g/mol. The molecule has 3 atom stereocenters. The fraction of sp³-hybridized carbons (Fsp3) is 0.414. The number of ether oxygens (including phenoxy) is 5. The zero-order valence-corrected chi connectivity index (χ0v) is 23.3. The van der Waals surface area contributed by atoms with Gasteiger partial charge in [0, 0.05) is 6.92 Å². The van der Waals surface area contributed by atoms with Gasteiger partial charge in [-0.2, -0.15) is 0 Å². The summed E-state index contributed by atoms with van der Waals surface area (Å²) < 4.78 is 55.2. The van der Waals surface area contributed by atoms with E-state index in [9.17, 15) is 9.36 Å². The average Bonchev–Trinajstić information content (AvgIpc) is 2.92. The number of hydrogen-bond donors (Lipinski definition) is 0. The highest BCUT2D eigenvalue weighted by Gasteiger charge is 2.50. The fourth-order valence-corrected chi connectivity index (χ4v) is 5.82. The van der Waals surface area contributed by atoms with Crippen molar-refractivity contribution < 1.29 is 42.1 Å². The molecule has 9 nitrogen and oxygen atoms in total. The van der Waals surface area contributed by atoms with Crippen molar-refractivity contribution in [2.45, 2.75) is 52.5 Å². The number of terminal acetylenes is 1. The molecule has 1 aliphatic rings. The van der Waals surface area contributed by atoms with E-state index in [2.05, 4.69) is 5.92 Å². The highest BCUT2D eigenvalue weighted by Crippen LogP contribution is 2.61. The van der Waals surface area contributed by atoms with Crippen molar-refractivity contribution in [3.8, 4) is 12.3 Å². The van der Waals surface area contributed by atoms with E-state index in [1.54, 1.807) is 13.8 Å². The van der Waals surface area contributed by atoms with Crippen molar-refractivity contribution in [2.75, 3.05) is 26.4 Å². The molecule has 0 spiro atoms. The molecule has 0 saturated heterocycles. The van der Waals surface area contributed by atoms with Gasteiger partial charge in [-0.05, 0) is 25.0 Å². The standard InChI is InChI=1S/C29H35O9P/c1-5-18-33-29-28(39(31,35-6-2)36-7-3)27(37-22(4)30)26(34-20-24-16-12-9-13-17-24)25(38-29)21-32-19-23-14-10-8-11-15-23/h1,8-17,25-26,29H,6-7,18-21H2,2-4H3/t25-,26+,29+/m1/s1. The Bertz CT molecular complexity index is 1150. The molecule has 0 N–H and O–H groups in total. The Labute approximate surface area is 229 Å². The Balaban J connectivity index is 2.05. The molecule has 0 unspecified atom stereocenters. The zero-order valence-electron chi connectivity index (χ0n) is 22.4. The van der Waals surface area contributed by atoms with Gasteiger partial charge in [-0.3, -0.25) is 9.36 Å². The lowest BCUT2D eigenvalue weighted by atomic mass is 10.1. The Morgan fingerprint density at radius 2 is 1.54 bits per heavy atom. The van der Waals surface area contributed by atoms with Gasteiger partial charge in [0.1, 0.15) is 24.1 Å². The normalized spacial score (nSPS) is 19.5. The van der Waals surface area contributed by atoms with E-state index in [4.69, 9.17) is 39.2 Å². The highest BCUT2D eigenvalue weighted by atomic mass is 31.2. The maximum absolute atomic E-state index is 14.1. The van der Waals surface area contributed by atoms with Crippen LogP contribution in [0.1, 0.15) is 31.9 Å². The number of benzene rings is 2. The van der Waals surface area contributed by atoms with Gasteiger partial charge in [-0.15, -0.1) is 6.42 Å². The van der Waals surface area contributed by atoms with Crippen LogP contribution in [-0.4, -0.2) is 50.9 Å². The summed E-state index contributed by atoms with van der Waals surface area (Å²) in [5.74, 6) is 1.66. The Hall–Kier alpha value is -2.80. The van der Waals surface area contributed by atoms with Gasteiger partial charge >= 0.3 is 13.6 Å². The van der Waals surface area contributed by atoms with Crippen molar-refractivity contribution >= 4 is 13.6 Å². The van der Waals surface area contributed by atoms with Gasteiger partial charge in [0.25, 0.3) is 0 Å². The number of hydrogen-bond acceptors (Lipinski definition) is 9. The van der Waals surface area contributed by atoms with Gasteiger partial charge in [0.05, 0.1) is 33.0 Å². The topological polar surface area (TPSA) is 98.8 Å². The number of carbonyl (C=O) groups excluding carboxylic acids is 1. The predicted molar refractivity (Wildman–Crippen MR) is 144 cm³/mol. The minimum Gasteiger partial charge on any atom is -0.427 e. The van der Waals surface area contributed by atoms with Crippen LogP contribution in [0.4, 0.5) is 0 Å². The largest absolute Gasteiger partial charge is 0.427 e. The Morgan fingerprint density at radius 3 is 2.08 bits per heavy atom. The van der Waals surface area contributed by atoms with Crippen LogP contribution < -0.4 is 0 Å². The van der Waals surface area contributed by atoms with Crippen LogP contribution in [0.15, 0.2) is 71.7 Å². The lowest BCUT2D eigenvalue weighted by molar-refractivity contribution is -0.207. The third kappa shape index (κ3) is 8.85. The molecule has 1 aliphatic heterocycles. The van der Waals surface area contributed by atoms with Crippen molar-refractivity contribution in [3.05, 3.63) is 82.9 Å². The summed E-state index contributed by atoms with van der Waals surface area (Å²) in [6.07, 6.45) is 2.30. The van der Waals surface area contributed by atoms with Crippen molar-refractivity contribution in [3.63, 3.8) is 0 Å². The molecule has 0 aliphatic carbocycles. The van der Waals surface area contributed by atoms with Gasteiger partial charge < -0.3 is 32.7 Å². The second-order valence-corrected chi connectivity index (χ2v) is 10.4. The molecule has 0 saturated carbocycles. The molecule has 3 rings (SSSR count). The number of carbonyl (C=O) groups is 1. The molecule has 0 fully saturated rings. The van der Waals surface area contributed by atoms with E-state index >= 15 is 0 Å². The summed E-state index contributed by atoms with van der Waals surface area (Å²) >= 11 is 0. The molecule has 0 amide bonds. The molecule has 0 bridgehead atoms. The molecular formula is C29H35O9P. The van der Waals surface area contributed by atoms with E-state index in [0.717, 1.165) is 11.1 Å². The van der Waals surface area contributed by atoms with Crippen LogP contribution in [0.2, 0.25) is 0 Å². The Morgan fingerprint density at radius 1 is 0.949 bits per heavy atom. The third-order valence-electron chi connectivity index (χ3n) is 5.50. The number of rotatable bonds is 15. The summed E-state index contributed by atoms with van der Waals surface area (Å²) in [5.41, 5.74) is 1.83. The maximum atomic E-state index is 14.1. The quantitative estimate of drug-likeness (QED) is 0.166. The first-order chi connectivity index (χ1) is 18.9. The molecule has 1 heterocycles. The molecule has 0 aromatic heterocycles. The second-order valence-electron chi connectivity index (χ2n) is 8.42. The van der Waals surface area contributed by atoms with Gasteiger partial charge in [-0.1, -0.05) is 66.6 Å². The lowest BCUT2D eigenvalue weighted by Crippen LogP contribution is -2.47. The molecule has 2 aromatic carbocycles. The molecule has 2 aromatic rings. The van der Waals surface area contributed by atoms with Gasteiger partial charge in [0.15, 0.2) is 12.0 Å². The molecule has 10 heteroatoms. The first-order valence-corrected chi connectivity index (χ1v) is 14.3. The third-order valence-corrected chi connectivity index (χ3v) is 7.72. The fourth-order valence-electron chi connectivity index (χ4n) is 3.95. The summed E-state index contributed by atoms with van der Waals surface area (Å²) in [6, 6.07) is 19.1. The van der Waals surface area contributed by atoms with E-state index in [0.29, 0.717) is 6.61 Å². The van der Waals surface area contributed by atoms with Gasteiger partial charge in [0.2, 0.25) is 0 Å². The summed E-state index contributed by atoms with van der Waals surface area (Å²) in [6.45, 7) is 4.99. The van der Waals surface area contributed by atoms with Crippen molar-refractivity contribution in [1.29, 1.82) is 0 Å². The van der Waals surface area contributed by atoms with Gasteiger partial charge in [-0.25, -0.2) is 0 Å². The SMILES string of the molecule is C#CCO[C@H]1O[C@H](COCc2ccccc2)[C@H](OCc2ccccc2)C(OC(C)=O)=C1P(=O)(OCC)OCC. The van der Waals surface area contributed by atoms with E-state index in [1.165, 1.54) is 6.92 Å². The van der Waals surface area contributed by atoms with Crippen molar-refractivity contribution in [2.24, 2.45) is 0 Å². The lowest BCUT2D eigenvalue weighted by Gasteiger charge is -2.39. The van der Waals surface area contributed by atoms with Crippen LogP contribution in [0.5, 0.6) is 0 Å². The second kappa shape index (κ2) is 15.7. The van der Waals surface area contributed by atoms with Crippen LogP contribution in [0.3, 0.4) is 0 Å². The van der Waals surface area contributed by atoms with E-state index in [1.807, 2.05) is 60.7 Å². The maximum Gasteiger partial charge on any atom is 0.365 e.